The van der Waals surface area contributed by atoms with Gasteiger partial charge in [0.15, 0.2) is 5.78 Å². The van der Waals surface area contributed by atoms with E-state index in [4.69, 9.17) is 4.74 Å². The van der Waals surface area contributed by atoms with Gasteiger partial charge in [-0.1, -0.05) is 24.3 Å². The number of hydrogen-bond acceptors (Lipinski definition) is 5. The summed E-state index contributed by atoms with van der Waals surface area (Å²) in [7, 11) is 0. The molecule has 29 heavy (non-hydrogen) atoms. The summed E-state index contributed by atoms with van der Waals surface area (Å²) in [6.07, 6.45) is 6.14. The number of hydrogen-bond donors (Lipinski definition) is 1. The van der Waals surface area contributed by atoms with E-state index in [2.05, 4.69) is 34.1 Å². The zero-order valence-corrected chi connectivity index (χ0v) is 16.9. The van der Waals surface area contributed by atoms with E-state index in [9.17, 15) is 9.90 Å². The van der Waals surface area contributed by atoms with Crippen LogP contribution in [0.1, 0.15) is 47.2 Å². The number of anilines is 1. The van der Waals surface area contributed by atoms with Crippen molar-refractivity contribution in [2.24, 2.45) is 5.92 Å². The number of benzene rings is 1. The van der Waals surface area contributed by atoms with Crippen molar-refractivity contribution in [3.63, 3.8) is 0 Å². The summed E-state index contributed by atoms with van der Waals surface area (Å²) >= 11 is 0. The van der Waals surface area contributed by atoms with Crippen LogP contribution in [0, 0.1) is 5.92 Å². The second-order valence-corrected chi connectivity index (χ2v) is 8.24. The van der Waals surface area contributed by atoms with Crippen LogP contribution in [-0.4, -0.2) is 48.3 Å². The highest BCUT2D eigenvalue weighted by atomic mass is 16.5. The minimum absolute atomic E-state index is 0.0540. The summed E-state index contributed by atoms with van der Waals surface area (Å²) in [6, 6.07) is 12.4. The molecule has 154 valence electrons. The molecule has 1 fully saturated rings. The van der Waals surface area contributed by atoms with E-state index in [0.717, 1.165) is 44.6 Å². The van der Waals surface area contributed by atoms with Crippen molar-refractivity contribution in [1.29, 1.82) is 0 Å². The smallest absolute Gasteiger partial charge is 0.164 e. The zero-order valence-electron chi connectivity index (χ0n) is 16.9. The minimum Gasteiger partial charge on any atom is -0.393 e. The lowest BCUT2D eigenvalue weighted by Gasteiger charge is -2.27. The highest BCUT2D eigenvalue weighted by molar-refractivity contribution is 5.95. The normalized spacial score (nSPS) is 17.9. The summed E-state index contributed by atoms with van der Waals surface area (Å²) < 4.78 is 5.36. The van der Waals surface area contributed by atoms with E-state index < -0.39 is 6.10 Å². The fourth-order valence-corrected chi connectivity index (χ4v) is 4.40. The molecular formula is C24H30N2O3. The number of pyridine rings is 1. The van der Waals surface area contributed by atoms with Gasteiger partial charge in [-0.25, -0.2) is 4.98 Å². The van der Waals surface area contributed by atoms with Crippen molar-refractivity contribution >= 4 is 11.6 Å². The van der Waals surface area contributed by atoms with Crippen LogP contribution >= 0.6 is 0 Å². The largest absolute Gasteiger partial charge is 0.393 e. The molecule has 1 aliphatic carbocycles. The molecule has 1 aromatic carbocycles. The van der Waals surface area contributed by atoms with Gasteiger partial charge in [-0.05, 0) is 61.3 Å². The number of nitrogens with zero attached hydrogens (tertiary/aromatic N) is 2. The predicted octanol–water partition coefficient (Wildman–Crippen LogP) is 3.44. The number of aliphatic hydroxyl groups excluding tert-OH is 1. The molecule has 0 unspecified atom stereocenters. The Bertz CT molecular complexity index is 790. The Hall–Kier alpha value is -2.24. The van der Waals surface area contributed by atoms with Gasteiger partial charge in [0.2, 0.25) is 0 Å². The Labute approximate surface area is 172 Å². The zero-order chi connectivity index (χ0) is 20.1. The molecule has 2 aromatic rings. The molecule has 0 saturated carbocycles. The van der Waals surface area contributed by atoms with E-state index in [1.807, 2.05) is 12.1 Å². The number of morpholine rings is 1. The molecular weight excluding hydrogens is 364 g/mol. The maximum absolute atomic E-state index is 12.5. The van der Waals surface area contributed by atoms with Gasteiger partial charge in [-0.3, -0.25) is 4.79 Å². The number of Topliss-reactive ketones (excluding diaryl/α,β-unsaturated/α-hetero) is 1. The number of aliphatic hydroxyl groups is 1. The monoisotopic (exact) mass is 394 g/mol. The van der Waals surface area contributed by atoms with Gasteiger partial charge < -0.3 is 14.7 Å². The van der Waals surface area contributed by atoms with Gasteiger partial charge in [-0.15, -0.1) is 0 Å². The van der Waals surface area contributed by atoms with Crippen LogP contribution in [0.2, 0.25) is 0 Å². The summed E-state index contributed by atoms with van der Waals surface area (Å²) in [4.78, 5) is 19.1. The fraction of sp³-hybridized carbons (Fsp3) is 0.500. The van der Waals surface area contributed by atoms with Crippen LogP contribution in [0.5, 0.6) is 0 Å². The number of fused-ring (bicyclic) bond motifs is 1. The molecule has 2 aliphatic rings. The molecule has 1 aliphatic heterocycles. The van der Waals surface area contributed by atoms with E-state index in [1.165, 1.54) is 11.1 Å². The summed E-state index contributed by atoms with van der Waals surface area (Å²) in [6.45, 7) is 3.09. The first kappa shape index (κ1) is 20.0. The standard InChI is InChI=1S/C24H30N2O3/c27-22(7-5-18-15-19-3-1-2-4-20(19)16-18)8-9-23(28)21-6-10-24(25-17-21)26-11-13-29-14-12-26/h1-4,6,10,17-18,22,27H,5,7-9,11-16H2/t22-/m1/s1. The molecule has 1 saturated heterocycles. The van der Waals surface area contributed by atoms with Crippen LogP contribution in [0.3, 0.4) is 0 Å². The molecule has 0 spiro atoms. The first-order valence-corrected chi connectivity index (χ1v) is 10.8. The second kappa shape index (κ2) is 9.51. The number of ether oxygens (including phenoxy) is 1. The maximum Gasteiger partial charge on any atom is 0.164 e. The van der Waals surface area contributed by atoms with E-state index in [0.29, 0.717) is 37.5 Å². The first-order valence-electron chi connectivity index (χ1n) is 10.8. The van der Waals surface area contributed by atoms with Crippen LogP contribution in [-0.2, 0) is 17.6 Å². The second-order valence-electron chi connectivity index (χ2n) is 8.24. The molecule has 4 rings (SSSR count). The third-order valence-electron chi connectivity index (χ3n) is 6.15. The van der Waals surface area contributed by atoms with Crippen LogP contribution in [0.4, 0.5) is 5.82 Å². The number of rotatable bonds is 8. The number of ketones is 1. The molecule has 0 radical (unpaired) electrons. The van der Waals surface area contributed by atoms with Crippen molar-refractivity contribution < 1.29 is 14.6 Å². The van der Waals surface area contributed by atoms with E-state index in [-0.39, 0.29) is 5.78 Å². The Morgan fingerprint density at radius 2 is 1.83 bits per heavy atom. The lowest BCUT2D eigenvalue weighted by Crippen LogP contribution is -2.36. The van der Waals surface area contributed by atoms with Crippen molar-refractivity contribution in [1.82, 2.24) is 4.98 Å². The molecule has 0 bridgehead atoms. The molecule has 1 aromatic heterocycles. The third-order valence-corrected chi connectivity index (χ3v) is 6.15. The highest BCUT2D eigenvalue weighted by Crippen LogP contribution is 2.30. The molecule has 1 atom stereocenters. The molecule has 5 nitrogen and oxygen atoms in total. The van der Waals surface area contributed by atoms with E-state index in [1.54, 1.807) is 6.20 Å². The third kappa shape index (κ3) is 5.22. The summed E-state index contributed by atoms with van der Waals surface area (Å²) in [5.74, 6) is 1.57. The van der Waals surface area contributed by atoms with Crippen LogP contribution < -0.4 is 4.90 Å². The predicted molar refractivity (Wildman–Crippen MR) is 113 cm³/mol. The minimum atomic E-state index is -0.414. The number of aromatic nitrogens is 1. The van der Waals surface area contributed by atoms with Gasteiger partial charge in [0, 0.05) is 31.3 Å². The Morgan fingerprint density at radius 1 is 1.10 bits per heavy atom. The Kier molecular flexibility index (Phi) is 6.57. The number of carbonyl (C=O) groups excluding carboxylic acids is 1. The van der Waals surface area contributed by atoms with Crippen molar-refractivity contribution in [3.8, 4) is 0 Å². The van der Waals surface area contributed by atoms with Crippen molar-refractivity contribution in [3.05, 3.63) is 59.3 Å². The Morgan fingerprint density at radius 3 is 2.48 bits per heavy atom. The fourth-order valence-electron chi connectivity index (χ4n) is 4.40. The average molecular weight is 395 g/mol. The van der Waals surface area contributed by atoms with Gasteiger partial charge in [0.05, 0.1) is 19.3 Å². The lowest BCUT2D eigenvalue weighted by molar-refractivity contribution is 0.0926. The topological polar surface area (TPSA) is 62.7 Å². The van der Waals surface area contributed by atoms with Gasteiger partial charge >= 0.3 is 0 Å². The van der Waals surface area contributed by atoms with Gasteiger partial charge in [0.25, 0.3) is 0 Å². The van der Waals surface area contributed by atoms with Crippen molar-refractivity contribution in [2.45, 2.75) is 44.6 Å². The SMILES string of the molecule is O=C(CC[C@H](O)CCC1Cc2ccccc2C1)c1ccc(N2CCOCC2)nc1. The maximum atomic E-state index is 12.5. The van der Waals surface area contributed by atoms with Gasteiger partial charge in [-0.2, -0.15) is 0 Å². The van der Waals surface area contributed by atoms with E-state index >= 15 is 0 Å². The lowest BCUT2D eigenvalue weighted by atomic mass is 9.95. The Balaban J connectivity index is 1.19. The molecule has 2 heterocycles. The number of carbonyl (C=O) groups is 1. The first-order chi connectivity index (χ1) is 14.2. The van der Waals surface area contributed by atoms with Crippen LogP contribution in [0.15, 0.2) is 42.6 Å². The van der Waals surface area contributed by atoms with Crippen molar-refractivity contribution in [2.75, 3.05) is 31.2 Å². The summed E-state index contributed by atoms with van der Waals surface area (Å²) in [5.41, 5.74) is 3.53. The van der Waals surface area contributed by atoms with Gasteiger partial charge in [0.1, 0.15) is 5.82 Å². The quantitative estimate of drug-likeness (QED) is 0.695. The highest BCUT2D eigenvalue weighted by Gasteiger charge is 2.22. The molecule has 1 N–H and O–H groups in total. The average Bonchev–Trinajstić information content (AvgIpc) is 3.20. The van der Waals surface area contributed by atoms with Crippen LogP contribution in [0.25, 0.3) is 0 Å². The molecule has 5 heteroatoms. The molecule has 0 amide bonds. The summed E-state index contributed by atoms with van der Waals surface area (Å²) in [5, 5.41) is 10.4.